The minimum atomic E-state index is -0.237. The van der Waals surface area contributed by atoms with Gasteiger partial charge in [0.1, 0.15) is 0 Å². The molecule has 0 saturated carbocycles. The summed E-state index contributed by atoms with van der Waals surface area (Å²) in [5.74, 6) is -0.237. The molecular formula is C17H21N3O. The molecule has 2 aromatic rings. The first-order chi connectivity index (χ1) is 10.3. The van der Waals surface area contributed by atoms with Crippen molar-refractivity contribution in [3.63, 3.8) is 0 Å². The van der Waals surface area contributed by atoms with Crippen LogP contribution in [0.4, 0.5) is 0 Å². The molecular weight excluding hydrogens is 262 g/mol. The number of nitrogens with zero attached hydrogens (tertiary/aromatic N) is 1. The normalized spacial score (nSPS) is 12.0. The number of nitrogens with one attached hydrogen (secondary N) is 1. The molecule has 110 valence electrons. The minimum absolute atomic E-state index is 0.0704. The first-order valence-electron chi connectivity index (χ1n) is 7.25. The minimum Gasteiger partial charge on any atom is -0.370 e. The molecule has 0 radical (unpaired) electrons. The number of carbonyl (C=O) groups excluding carboxylic acids is 1. The Balaban J connectivity index is 1.99. The first kappa shape index (κ1) is 15.2. The Morgan fingerprint density at radius 3 is 2.52 bits per heavy atom. The van der Waals surface area contributed by atoms with Crippen LogP contribution in [0.25, 0.3) is 0 Å². The Labute approximate surface area is 125 Å². The third-order valence-corrected chi connectivity index (χ3v) is 3.31. The van der Waals surface area contributed by atoms with Gasteiger partial charge >= 0.3 is 0 Å². The largest absolute Gasteiger partial charge is 0.370 e. The van der Waals surface area contributed by atoms with Crippen molar-refractivity contribution in [1.82, 2.24) is 10.3 Å². The van der Waals surface area contributed by atoms with Gasteiger partial charge in [-0.25, -0.2) is 0 Å². The molecule has 3 N–H and O–H groups in total. The molecule has 4 nitrogen and oxygen atoms in total. The van der Waals surface area contributed by atoms with Crippen LogP contribution in [0.1, 0.15) is 36.6 Å². The number of hydrogen-bond acceptors (Lipinski definition) is 3. The molecule has 2 rings (SSSR count). The number of unbranched alkanes of at least 4 members (excludes halogenated alkanes) is 1. The van der Waals surface area contributed by atoms with E-state index in [9.17, 15) is 4.79 Å². The van der Waals surface area contributed by atoms with Crippen LogP contribution >= 0.6 is 0 Å². The van der Waals surface area contributed by atoms with Gasteiger partial charge in [-0.15, -0.1) is 0 Å². The van der Waals surface area contributed by atoms with Crippen LogP contribution < -0.4 is 11.1 Å². The molecule has 21 heavy (non-hydrogen) atoms. The molecule has 1 atom stereocenters. The molecule has 1 unspecified atom stereocenters. The average Bonchev–Trinajstić information content (AvgIpc) is 2.52. The van der Waals surface area contributed by atoms with Crippen molar-refractivity contribution in [3.8, 4) is 0 Å². The first-order valence-corrected chi connectivity index (χ1v) is 7.25. The molecule has 0 aliphatic heterocycles. The summed E-state index contributed by atoms with van der Waals surface area (Å²) >= 11 is 0. The van der Waals surface area contributed by atoms with Crippen molar-refractivity contribution in [2.24, 2.45) is 5.73 Å². The molecule has 1 heterocycles. The fourth-order valence-corrected chi connectivity index (χ4v) is 2.26. The van der Waals surface area contributed by atoms with Crippen LogP contribution in [0.3, 0.4) is 0 Å². The molecule has 0 aliphatic carbocycles. The second-order valence-electron chi connectivity index (χ2n) is 4.98. The Bertz CT molecular complexity index is 503. The fraction of sp³-hybridized carbons (Fsp3) is 0.294. The smallest absolute Gasteiger partial charge is 0.217 e. The monoisotopic (exact) mass is 283 g/mol. The lowest BCUT2D eigenvalue weighted by atomic mass is 10.0. The summed E-state index contributed by atoms with van der Waals surface area (Å²) in [5, 5.41) is 3.51. The van der Waals surface area contributed by atoms with Gasteiger partial charge in [0.05, 0.1) is 11.7 Å². The van der Waals surface area contributed by atoms with Crippen LogP contribution in [-0.4, -0.2) is 17.4 Å². The number of aromatic nitrogens is 1. The third-order valence-electron chi connectivity index (χ3n) is 3.31. The quantitative estimate of drug-likeness (QED) is 0.731. The summed E-state index contributed by atoms with van der Waals surface area (Å²) in [7, 11) is 0. The van der Waals surface area contributed by atoms with Crippen LogP contribution in [0.15, 0.2) is 54.7 Å². The van der Waals surface area contributed by atoms with E-state index in [0.717, 1.165) is 25.1 Å². The summed E-state index contributed by atoms with van der Waals surface area (Å²) in [6, 6.07) is 16.2. The van der Waals surface area contributed by atoms with Crippen molar-refractivity contribution in [1.29, 1.82) is 0 Å². The van der Waals surface area contributed by atoms with Gasteiger partial charge in [-0.05, 0) is 37.1 Å². The lowest BCUT2D eigenvalue weighted by molar-refractivity contribution is -0.118. The molecule has 1 amide bonds. The van der Waals surface area contributed by atoms with E-state index in [1.54, 1.807) is 6.20 Å². The van der Waals surface area contributed by atoms with Crippen LogP contribution in [-0.2, 0) is 4.79 Å². The molecule has 0 saturated heterocycles. The summed E-state index contributed by atoms with van der Waals surface area (Å²) in [4.78, 5) is 15.2. The van der Waals surface area contributed by atoms with E-state index in [0.29, 0.717) is 6.42 Å². The number of nitrogens with two attached hydrogens (primary N) is 1. The maximum Gasteiger partial charge on any atom is 0.217 e. The van der Waals surface area contributed by atoms with E-state index in [-0.39, 0.29) is 11.9 Å². The number of hydrogen-bond donors (Lipinski definition) is 2. The number of rotatable bonds is 8. The third kappa shape index (κ3) is 5.00. The Morgan fingerprint density at radius 1 is 1.10 bits per heavy atom. The van der Waals surface area contributed by atoms with Crippen molar-refractivity contribution < 1.29 is 4.79 Å². The van der Waals surface area contributed by atoms with Gasteiger partial charge < -0.3 is 11.1 Å². The maximum atomic E-state index is 10.7. The van der Waals surface area contributed by atoms with Crippen LogP contribution in [0.5, 0.6) is 0 Å². The van der Waals surface area contributed by atoms with E-state index in [4.69, 9.17) is 5.73 Å². The van der Waals surface area contributed by atoms with E-state index in [1.807, 2.05) is 36.4 Å². The summed E-state index contributed by atoms with van der Waals surface area (Å²) in [6.07, 6.45) is 3.98. The van der Waals surface area contributed by atoms with Gasteiger partial charge in [0, 0.05) is 12.6 Å². The second kappa shape index (κ2) is 8.17. The van der Waals surface area contributed by atoms with Crippen LogP contribution in [0.2, 0.25) is 0 Å². The Hall–Kier alpha value is -2.20. The predicted molar refractivity (Wildman–Crippen MR) is 83.6 cm³/mol. The van der Waals surface area contributed by atoms with Gasteiger partial charge in [-0.1, -0.05) is 36.4 Å². The van der Waals surface area contributed by atoms with E-state index >= 15 is 0 Å². The van der Waals surface area contributed by atoms with E-state index < -0.39 is 0 Å². The molecule has 4 heteroatoms. The highest BCUT2D eigenvalue weighted by Crippen LogP contribution is 2.19. The molecule has 1 aromatic heterocycles. The van der Waals surface area contributed by atoms with Gasteiger partial charge in [-0.2, -0.15) is 0 Å². The zero-order valence-corrected chi connectivity index (χ0v) is 12.0. The number of amides is 1. The number of primary amides is 1. The van der Waals surface area contributed by atoms with E-state index in [2.05, 4.69) is 22.4 Å². The van der Waals surface area contributed by atoms with E-state index in [1.165, 1.54) is 5.56 Å². The zero-order valence-electron chi connectivity index (χ0n) is 12.0. The topological polar surface area (TPSA) is 68.0 Å². The highest BCUT2D eigenvalue weighted by atomic mass is 16.1. The van der Waals surface area contributed by atoms with Crippen molar-refractivity contribution in [3.05, 3.63) is 66.0 Å². The van der Waals surface area contributed by atoms with Crippen molar-refractivity contribution >= 4 is 5.91 Å². The Morgan fingerprint density at radius 2 is 1.86 bits per heavy atom. The molecule has 0 bridgehead atoms. The summed E-state index contributed by atoms with van der Waals surface area (Å²) in [5.41, 5.74) is 7.33. The molecule has 1 aromatic carbocycles. The second-order valence-corrected chi connectivity index (χ2v) is 4.98. The van der Waals surface area contributed by atoms with Gasteiger partial charge in [-0.3, -0.25) is 9.78 Å². The molecule has 0 aliphatic rings. The molecule has 0 fully saturated rings. The zero-order chi connectivity index (χ0) is 14.9. The highest BCUT2D eigenvalue weighted by Gasteiger charge is 2.13. The van der Waals surface area contributed by atoms with Crippen LogP contribution in [0, 0.1) is 0 Å². The van der Waals surface area contributed by atoms with Gasteiger partial charge in [0.15, 0.2) is 0 Å². The summed E-state index contributed by atoms with van der Waals surface area (Å²) in [6.45, 7) is 0.823. The van der Waals surface area contributed by atoms with Gasteiger partial charge in [0.25, 0.3) is 0 Å². The lowest BCUT2D eigenvalue weighted by Crippen LogP contribution is -2.24. The average molecular weight is 283 g/mol. The highest BCUT2D eigenvalue weighted by molar-refractivity contribution is 5.73. The standard InChI is InChI=1S/C17H21N3O/c18-16(21)11-5-7-13-20-17(14-8-2-1-3-9-14)15-10-4-6-12-19-15/h1-4,6,8-10,12,17,20H,5,7,11,13H2,(H2,18,21). The van der Waals surface area contributed by atoms with Crippen molar-refractivity contribution in [2.45, 2.75) is 25.3 Å². The maximum absolute atomic E-state index is 10.7. The number of benzene rings is 1. The van der Waals surface area contributed by atoms with Crippen molar-refractivity contribution in [2.75, 3.05) is 6.54 Å². The summed E-state index contributed by atoms with van der Waals surface area (Å²) < 4.78 is 0. The number of pyridine rings is 1. The number of carbonyl (C=O) groups is 1. The lowest BCUT2D eigenvalue weighted by Gasteiger charge is -2.18. The SMILES string of the molecule is NC(=O)CCCCNC(c1ccccc1)c1ccccn1. The predicted octanol–water partition coefficient (Wildman–Crippen LogP) is 2.42. The fourth-order valence-electron chi connectivity index (χ4n) is 2.26. The molecule has 0 spiro atoms. The van der Waals surface area contributed by atoms with Gasteiger partial charge in [0.2, 0.25) is 5.91 Å². The Kier molecular flexibility index (Phi) is 5.91.